The van der Waals surface area contributed by atoms with Gasteiger partial charge in [-0.3, -0.25) is 0 Å². The summed E-state index contributed by atoms with van der Waals surface area (Å²) < 4.78 is 13.6. The number of halogens is 2. The Morgan fingerprint density at radius 2 is 1.79 bits per heavy atom. The first-order valence-corrected chi connectivity index (χ1v) is 10.5. The van der Waals surface area contributed by atoms with E-state index in [1.165, 1.54) is 0 Å². The molecule has 2 aliphatic carbocycles. The highest BCUT2D eigenvalue weighted by Crippen LogP contribution is 2.48. The fourth-order valence-electron chi connectivity index (χ4n) is 4.99. The van der Waals surface area contributed by atoms with Crippen molar-refractivity contribution in [3.63, 3.8) is 0 Å². The molecule has 3 nitrogen and oxygen atoms in total. The molecule has 24 heavy (non-hydrogen) atoms. The molecule has 0 amide bonds. The van der Waals surface area contributed by atoms with Crippen LogP contribution in [-0.2, 0) is 0 Å². The van der Waals surface area contributed by atoms with E-state index >= 15 is 0 Å². The highest BCUT2D eigenvalue weighted by molar-refractivity contribution is 9.09. The van der Waals surface area contributed by atoms with Crippen molar-refractivity contribution in [2.45, 2.75) is 74.4 Å². The Bertz CT molecular complexity index is 376. The fraction of sp³-hybridized carbons (Fsp3) is 1.00. The molecule has 2 fully saturated rings. The van der Waals surface area contributed by atoms with E-state index in [2.05, 4.69) is 34.9 Å². The molecule has 2 N–H and O–H groups in total. The van der Waals surface area contributed by atoms with Crippen LogP contribution in [0, 0.1) is 17.8 Å². The van der Waals surface area contributed by atoms with Crippen molar-refractivity contribution >= 4 is 15.9 Å². The minimum Gasteiger partial charge on any atom is -0.396 e. The van der Waals surface area contributed by atoms with Crippen LogP contribution in [0.5, 0.6) is 0 Å². The third kappa shape index (κ3) is 5.15. The second kappa shape index (κ2) is 9.29. The van der Waals surface area contributed by atoms with Gasteiger partial charge in [0.05, 0.1) is 5.60 Å². The largest absolute Gasteiger partial charge is 0.396 e. The lowest BCUT2D eigenvalue weighted by Gasteiger charge is -2.49. The molecule has 0 heterocycles. The predicted molar refractivity (Wildman–Crippen MR) is 100 cm³/mol. The third-order valence-electron chi connectivity index (χ3n) is 6.34. The molecule has 4 unspecified atom stereocenters. The fourth-order valence-corrected chi connectivity index (χ4v) is 5.73. The zero-order valence-electron chi connectivity index (χ0n) is 15.3. The maximum atomic E-state index is 13.6. The molecular formula is C19H35BrFNO2. The number of nitrogens with zero attached hydrogens (tertiary/aromatic N) is 1. The van der Waals surface area contributed by atoms with Crippen LogP contribution in [0.1, 0.15) is 57.8 Å². The summed E-state index contributed by atoms with van der Waals surface area (Å²) in [5, 5.41) is 21.7. The Morgan fingerprint density at radius 1 is 1.12 bits per heavy atom. The Morgan fingerprint density at radius 3 is 2.38 bits per heavy atom. The van der Waals surface area contributed by atoms with E-state index in [4.69, 9.17) is 0 Å². The van der Waals surface area contributed by atoms with Gasteiger partial charge in [0.1, 0.15) is 6.17 Å². The van der Waals surface area contributed by atoms with Gasteiger partial charge in [-0.25, -0.2) is 4.39 Å². The minimum absolute atomic E-state index is 0.139. The van der Waals surface area contributed by atoms with Gasteiger partial charge >= 0.3 is 0 Å². The van der Waals surface area contributed by atoms with Crippen molar-refractivity contribution in [2.75, 3.05) is 27.2 Å². The molecule has 142 valence electrons. The van der Waals surface area contributed by atoms with Crippen LogP contribution in [0.4, 0.5) is 4.39 Å². The molecule has 0 bridgehead atoms. The second-order valence-corrected chi connectivity index (χ2v) is 9.60. The van der Waals surface area contributed by atoms with Crippen LogP contribution in [0.2, 0.25) is 0 Å². The quantitative estimate of drug-likeness (QED) is 0.631. The van der Waals surface area contributed by atoms with Gasteiger partial charge in [-0.15, -0.1) is 0 Å². The van der Waals surface area contributed by atoms with E-state index in [1.807, 2.05) is 0 Å². The van der Waals surface area contributed by atoms with Crippen molar-refractivity contribution in [1.82, 2.24) is 4.90 Å². The molecular weight excluding hydrogens is 373 g/mol. The zero-order valence-corrected chi connectivity index (χ0v) is 16.8. The summed E-state index contributed by atoms with van der Waals surface area (Å²) in [4.78, 5) is 2.59. The van der Waals surface area contributed by atoms with Gasteiger partial charge in [0, 0.05) is 11.4 Å². The van der Waals surface area contributed by atoms with Crippen LogP contribution in [0.15, 0.2) is 0 Å². The molecule has 0 aromatic rings. The molecule has 2 rings (SSSR count). The van der Waals surface area contributed by atoms with Crippen LogP contribution in [-0.4, -0.2) is 59.0 Å². The summed E-state index contributed by atoms with van der Waals surface area (Å²) in [6, 6.07) is 0. The maximum absolute atomic E-state index is 13.6. The standard InChI is InChI=1S/C19H35BrFNO2/c1-22(2)11-3-10-19(24,15-4-7-17(21)8-5-15)18-9-6-16(20)12-14(18)13-23/h14-18,23-24H,3-13H2,1-2H3. The van der Waals surface area contributed by atoms with Gasteiger partial charge in [-0.1, -0.05) is 15.9 Å². The van der Waals surface area contributed by atoms with Crippen LogP contribution >= 0.6 is 15.9 Å². The number of rotatable bonds is 7. The van der Waals surface area contributed by atoms with Gasteiger partial charge in [-0.2, -0.15) is 0 Å². The van der Waals surface area contributed by atoms with Gasteiger partial charge in [0.15, 0.2) is 0 Å². The van der Waals surface area contributed by atoms with E-state index in [0.717, 1.165) is 51.5 Å². The zero-order chi connectivity index (χ0) is 17.7. The molecule has 2 saturated carbocycles. The van der Waals surface area contributed by atoms with E-state index in [0.29, 0.717) is 17.7 Å². The van der Waals surface area contributed by atoms with Crippen molar-refractivity contribution in [3.05, 3.63) is 0 Å². The number of hydrogen-bond acceptors (Lipinski definition) is 3. The Balaban J connectivity index is 2.14. The lowest BCUT2D eigenvalue weighted by Crippen LogP contribution is -2.52. The van der Waals surface area contributed by atoms with E-state index in [-0.39, 0.29) is 24.4 Å². The summed E-state index contributed by atoms with van der Waals surface area (Å²) in [7, 11) is 4.11. The highest BCUT2D eigenvalue weighted by Gasteiger charge is 2.48. The maximum Gasteiger partial charge on any atom is 0.100 e. The first-order valence-electron chi connectivity index (χ1n) is 9.63. The van der Waals surface area contributed by atoms with E-state index in [9.17, 15) is 14.6 Å². The summed E-state index contributed by atoms with van der Waals surface area (Å²) in [6.45, 7) is 1.10. The van der Waals surface area contributed by atoms with Crippen molar-refractivity contribution in [3.8, 4) is 0 Å². The first-order chi connectivity index (χ1) is 11.4. The average Bonchev–Trinajstić information content (AvgIpc) is 2.54. The van der Waals surface area contributed by atoms with Crippen LogP contribution in [0.3, 0.4) is 0 Å². The molecule has 0 saturated heterocycles. The summed E-state index contributed by atoms with van der Waals surface area (Å²) in [5.41, 5.74) is -0.753. The molecule has 5 heteroatoms. The second-order valence-electron chi connectivity index (χ2n) is 8.31. The lowest BCUT2D eigenvalue weighted by atomic mass is 9.61. The van der Waals surface area contributed by atoms with Gasteiger partial charge in [0.2, 0.25) is 0 Å². The normalized spacial score (nSPS) is 37.4. The summed E-state index contributed by atoms with van der Waals surface area (Å²) >= 11 is 3.69. The average molecular weight is 408 g/mol. The molecule has 0 aliphatic heterocycles. The third-order valence-corrected chi connectivity index (χ3v) is 7.17. The SMILES string of the molecule is CN(C)CCCC(O)(C1CCC(F)CC1)C1CCC(Br)CC1CO. The van der Waals surface area contributed by atoms with Crippen molar-refractivity contribution in [2.24, 2.45) is 17.8 Å². The van der Waals surface area contributed by atoms with Crippen LogP contribution in [0.25, 0.3) is 0 Å². The predicted octanol–water partition coefficient (Wildman–Crippen LogP) is 3.76. The van der Waals surface area contributed by atoms with Gasteiger partial charge in [0.25, 0.3) is 0 Å². The summed E-state index contributed by atoms with van der Waals surface area (Å²) in [5.74, 6) is 0.466. The molecule has 2 aliphatic rings. The molecule has 0 radical (unpaired) electrons. The van der Waals surface area contributed by atoms with Gasteiger partial charge in [-0.05, 0) is 96.2 Å². The number of alkyl halides is 2. The van der Waals surface area contributed by atoms with E-state index < -0.39 is 11.8 Å². The smallest absolute Gasteiger partial charge is 0.100 e. The molecule has 0 spiro atoms. The monoisotopic (exact) mass is 407 g/mol. The van der Waals surface area contributed by atoms with Crippen LogP contribution < -0.4 is 0 Å². The Kier molecular flexibility index (Phi) is 7.98. The van der Waals surface area contributed by atoms with E-state index in [1.54, 1.807) is 0 Å². The number of hydrogen-bond donors (Lipinski definition) is 2. The van der Waals surface area contributed by atoms with Gasteiger partial charge < -0.3 is 15.1 Å². The lowest BCUT2D eigenvalue weighted by molar-refractivity contribution is -0.125. The number of aliphatic hydroxyl groups is 2. The number of aliphatic hydroxyl groups excluding tert-OH is 1. The molecule has 0 aromatic heterocycles. The summed E-state index contributed by atoms with van der Waals surface area (Å²) in [6.07, 6.45) is 6.68. The molecule has 4 atom stereocenters. The van der Waals surface area contributed by atoms with Crippen molar-refractivity contribution in [1.29, 1.82) is 0 Å². The Hall–Kier alpha value is 0.290. The highest BCUT2D eigenvalue weighted by atomic mass is 79.9. The topological polar surface area (TPSA) is 43.7 Å². The molecule has 0 aromatic carbocycles. The first kappa shape index (κ1) is 20.6. The Labute approximate surface area is 155 Å². The minimum atomic E-state index is -0.753. The van der Waals surface area contributed by atoms with Crippen molar-refractivity contribution < 1.29 is 14.6 Å².